The van der Waals surface area contributed by atoms with Crippen LogP contribution >= 0.6 is 0 Å². The van der Waals surface area contributed by atoms with Gasteiger partial charge in [0, 0.05) is 38.2 Å². The number of rotatable bonds is 7. The number of amides is 1. The average molecular weight is 385 g/mol. The molecule has 1 saturated carbocycles. The summed E-state index contributed by atoms with van der Waals surface area (Å²) in [5.41, 5.74) is 2.84. The SMILES string of the molecule is CCC1CC(C(=O)NC2[C@H]3CN(Cc4ccc(CC(C)C)cc4)C[C@@H]23)CCO1. The molecule has 28 heavy (non-hydrogen) atoms. The molecule has 2 heterocycles. The van der Waals surface area contributed by atoms with E-state index in [2.05, 4.69) is 55.3 Å². The first-order chi connectivity index (χ1) is 13.5. The van der Waals surface area contributed by atoms with Crippen molar-refractivity contribution in [3.63, 3.8) is 0 Å². The lowest BCUT2D eigenvalue weighted by atomic mass is 9.93. The number of carbonyl (C=O) groups excluding carboxylic acids is 1. The lowest BCUT2D eigenvalue weighted by Crippen LogP contribution is -2.41. The van der Waals surface area contributed by atoms with Crippen LogP contribution in [-0.2, 0) is 22.5 Å². The van der Waals surface area contributed by atoms with Crippen molar-refractivity contribution in [2.24, 2.45) is 23.7 Å². The van der Waals surface area contributed by atoms with E-state index in [1.807, 2.05) is 0 Å². The van der Waals surface area contributed by atoms with Gasteiger partial charge in [-0.2, -0.15) is 0 Å². The van der Waals surface area contributed by atoms with Gasteiger partial charge in [0.2, 0.25) is 5.91 Å². The van der Waals surface area contributed by atoms with Gasteiger partial charge in [0.05, 0.1) is 6.10 Å². The number of hydrogen-bond donors (Lipinski definition) is 1. The van der Waals surface area contributed by atoms with Crippen molar-refractivity contribution >= 4 is 5.91 Å². The Bertz CT molecular complexity index is 660. The number of hydrogen-bond acceptors (Lipinski definition) is 3. The summed E-state index contributed by atoms with van der Waals surface area (Å²) in [6.07, 6.45) is 4.20. The van der Waals surface area contributed by atoms with Crippen LogP contribution < -0.4 is 5.32 Å². The highest BCUT2D eigenvalue weighted by atomic mass is 16.5. The second-order valence-electron chi connectivity index (χ2n) is 9.59. The number of piperidine rings is 1. The van der Waals surface area contributed by atoms with Crippen LogP contribution in [0, 0.1) is 23.7 Å². The zero-order valence-corrected chi connectivity index (χ0v) is 17.7. The van der Waals surface area contributed by atoms with Crippen LogP contribution in [0.15, 0.2) is 24.3 Å². The maximum absolute atomic E-state index is 12.6. The van der Waals surface area contributed by atoms with Gasteiger partial charge in [0.15, 0.2) is 0 Å². The molecule has 4 rings (SSSR count). The number of benzene rings is 1. The number of ether oxygens (including phenoxy) is 1. The van der Waals surface area contributed by atoms with Crippen LogP contribution in [0.4, 0.5) is 0 Å². The van der Waals surface area contributed by atoms with Crippen molar-refractivity contribution in [1.29, 1.82) is 0 Å². The Labute approximate surface area is 170 Å². The van der Waals surface area contributed by atoms with Gasteiger partial charge in [-0.15, -0.1) is 0 Å². The summed E-state index contributed by atoms with van der Waals surface area (Å²) in [5.74, 6) is 2.45. The summed E-state index contributed by atoms with van der Waals surface area (Å²) in [7, 11) is 0. The Hall–Kier alpha value is -1.39. The van der Waals surface area contributed by atoms with Crippen molar-refractivity contribution < 1.29 is 9.53 Å². The minimum atomic E-state index is 0.153. The molecule has 0 aromatic heterocycles. The van der Waals surface area contributed by atoms with E-state index in [4.69, 9.17) is 4.74 Å². The number of fused-ring (bicyclic) bond motifs is 1. The second kappa shape index (κ2) is 8.54. The maximum atomic E-state index is 12.6. The Kier molecular flexibility index (Phi) is 6.07. The molecule has 1 amide bonds. The van der Waals surface area contributed by atoms with Gasteiger partial charge in [-0.1, -0.05) is 45.0 Å². The van der Waals surface area contributed by atoms with Gasteiger partial charge in [-0.25, -0.2) is 0 Å². The molecule has 2 aliphatic heterocycles. The Morgan fingerprint density at radius 2 is 1.86 bits per heavy atom. The Morgan fingerprint density at radius 3 is 2.50 bits per heavy atom. The van der Waals surface area contributed by atoms with Gasteiger partial charge < -0.3 is 10.1 Å². The third kappa shape index (κ3) is 4.60. The number of nitrogens with zero attached hydrogens (tertiary/aromatic N) is 1. The van der Waals surface area contributed by atoms with Crippen LogP contribution in [0.25, 0.3) is 0 Å². The van der Waals surface area contributed by atoms with E-state index >= 15 is 0 Å². The minimum absolute atomic E-state index is 0.153. The fourth-order valence-electron chi connectivity index (χ4n) is 5.15. The lowest BCUT2D eigenvalue weighted by Gasteiger charge is -2.28. The molecule has 4 heteroatoms. The topological polar surface area (TPSA) is 41.6 Å². The smallest absolute Gasteiger partial charge is 0.223 e. The molecule has 5 atom stereocenters. The zero-order valence-electron chi connectivity index (χ0n) is 17.7. The molecule has 3 unspecified atom stereocenters. The fourth-order valence-corrected chi connectivity index (χ4v) is 5.15. The van der Waals surface area contributed by atoms with Gasteiger partial charge in [0.1, 0.15) is 0 Å². The monoisotopic (exact) mass is 384 g/mol. The van der Waals surface area contributed by atoms with Crippen molar-refractivity contribution in [3.8, 4) is 0 Å². The number of carbonyl (C=O) groups is 1. The van der Waals surface area contributed by atoms with Gasteiger partial charge in [0.25, 0.3) is 0 Å². The molecule has 1 N–H and O–H groups in total. The highest BCUT2D eigenvalue weighted by molar-refractivity contribution is 5.79. The van der Waals surface area contributed by atoms with Crippen molar-refractivity contribution in [1.82, 2.24) is 10.2 Å². The number of nitrogens with one attached hydrogen (secondary N) is 1. The van der Waals surface area contributed by atoms with E-state index in [9.17, 15) is 4.79 Å². The Balaban J connectivity index is 1.21. The summed E-state index contributed by atoms with van der Waals surface area (Å²) in [5, 5.41) is 3.36. The van der Waals surface area contributed by atoms with Crippen LogP contribution in [-0.4, -0.2) is 42.6 Å². The second-order valence-corrected chi connectivity index (χ2v) is 9.59. The maximum Gasteiger partial charge on any atom is 0.223 e. The van der Waals surface area contributed by atoms with Crippen LogP contribution in [0.1, 0.15) is 51.2 Å². The molecule has 0 radical (unpaired) electrons. The van der Waals surface area contributed by atoms with Crippen molar-refractivity contribution in [3.05, 3.63) is 35.4 Å². The summed E-state index contributed by atoms with van der Waals surface area (Å²) >= 11 is 0. The van der Waals surface area contributed by atoms with Crippen LogP contribution in [0.3, 0.4) is 0 Å². The molecule has 154 valence electrons. The third-order valence-corrected chi connectivity index (χ3v) is 6.85. The van der Waals surface area contributed by atoms with E-state index in [0.29, 0.717) is 23.8 Å². The molecule has 0 bridgehead atoms. The molecule has 1 aromatic carbocycles. The normalized spacial score (nSPS) is 32.4. The zero-order chi connectivity index (χ0) is 19.7. The minimum Gasteiger partial charge on any atom is -0.378 e. The van der Waals surface area contributed by atoms with Crippen molar-refractivity contribution in [2.75, 3.05) is 19.7 Å². The molecule has 1 aromatic rings. The first-order valence-electron chi connectivity index (χ1n) is 11.3. The highest BCUT2D eigenvalue weighted by Gasteiger charge is 2.56. The molecule has 1 aliphatic carbocycles. The standard InChI is InChI=1S/C24H36N2O2/c1-4-20-12-19(9-10-28-20)24(27)25-23-21-14-26(15-22(21)23)13-18-7-5-17(6-8-18)11-16(2)3/h5-8,16,19-23H,4,9-15H2,1-3H3,(H,25,27)/t19?,20?,21-,22+,23?. The van der Waals surface area contributed by atoms with Crippen LogP contribution in [0.2, 0.25) is 0 Å². The summed E-state index contributed by atoms with van der Waals surface area (Å²) in [6, 6.07) is 9.56. The van der Waals surface area contributed by atoms with E-state index in [-0.39, 0.29) is 17.9 Å². The quantitative estimate of drug-likeness (QED) is 0.780. The van der Waals surface area contributed by atoms with E-state index < -0.39 is 0 Å². The average Bonchev–Trinajstić information content (AvgIpc) is 3.12. The van der Waals surface area contributed by atoms with E-state index in [1.165, 1.54) is 11.1 Å². The molecule has 4 nitrogen and oxygen atoms in total. The highest BCUT2D eigenvalue weighted by Crippen LogP contribution is 2.46. The Morgan fingerprint density at radius 1 is 1.18 bits per heavy atom. The van der Waals surface area contributed by atoms with Gasteiger partial charge in [-0.05, 0) is 54.6 Å². The van der Waals surface area contributed by atoms with E-state index in [1.54, 1.807) is 0 Å². The van der Waals surface area contributed by atoms with Crippen LogP contribution in [0.5, 0.6) is 0 Å². The first-order valence-corrected chi connectivity index (χ1v) is 11.3. The largest absolute Gasteiger partial charge is 0.378 e. The predicted octanol–water partition coefficient (Wildman–Crippen LogP) is 3.64. The first kappa shape index (κ1) is 19.9. The van der Waals surface area contributed by atoms with E-state index in [0.717, 1.165) is 51.9 Å². The molecule has 2 saturated heterocycles. The third-order valence-electron chi connectivity index (χ3n) is 6.85. The molecule has 3 aliphatic rings. The van der Waals surface area contributed by atoms with Crippen molar-refractivity contribution in [2.45, 2.75) is 65.1 Å². The number of likely N-dealkylation sites (tertiary alicyclic amines) is 1. The molecular weight excluding hydrogens is 348 g/mol. The van der Waals surface area contributed by atoms with Gasteiger partial charge in [-0.3, -0.25) is 9.69 Å². The molecular formula is C24H36N2O2. The summed E-state index contributed by atoms with van der Waals surface area (Å²) in [6.45, 7) is 10.7. The summed E-state index contributed by atoms with van der Waals surface area (Å²) < 4.78 is 5.71. The van der Waals surface area contributed by atoms with Gasteiger partial charge >= 0.3 is 0 Å². The molecule has 3 fully saturated rings. The molecule has 0 spiro atoms. The predicted molar refractivity (Wildman–Crippen MR) is 112 cm³/mol. The summed E-state index contributed by atoms with van der Waals surface area (Å²) in [4.78, 5) is 15.2. The lowest BCUT2D eigenvalue weighted by molar-refractivity contribution is -0.130. The fraction of sp³-hybridized carbons (Fsp3) is 0.708.